The Morgan fingerprint density at radius 1 is 0.941 bits per heavy atom. The number of benzene rings is 3. The number of ketones is 1. The highest BCUT2D eigenvalue weighted by molar-refractivity contribution is 6.05. The molecule has 6 heteroatoms. The van der Waals surface area contributed by atoms with Crippen LogP contribution in [0.25, 0.3) is 11.1 Å². The molecule has 34 heavy (non-hydrogen) atoms. The van der Waals surface area contributed by atoms with Gasteiger partial charge in [-0.1, -0.05) is 54.6 Å². The van der Waals surface area contributed by atoms with Crippen LogP contribution in [0.4, 0.5) is 5.82 Å². The van der Waals surface area contributed by atoms with Crippen molar-refractivity contribution in [3.63, 3.8) is 0 Å². The lowest BCUT2D eigenvalue weighted by atomic mass is 9.91. The summed E-state index contributed by atoms with van der Waals surface area (Å²) in [5.74, 6) is 0.333. The average Bonchev–Trinajstić information content (AvgIpc) is 3.31. The second kappa shape index (κ2) is 9.19. The Bertz CT molecular complexity index is 1370. The van der Waals surface area contributed by atoms with Crippen LogP contribution in [-0.4, -0.2) is 23.2 Å². The normalized spacial score (nSPS) is 14.2. The van der Waals surface area contributed by atoms with Gasteiger partial charge in [0.15, 0.2) is 5.78 Å². The van der Waals surface area contributed by atoms with Crippen LogP contribution in [0.3, 0.4) is 0 Å². The number of nitrogens with one attached hydrogen (secondary N) is 1. The molecule has 0 fully saturated rings. The van der Waals surface area contributed by atoms with Gasteiger partial charge >= 0.3 is 0 Å². The quantitative estimate of drug-likeness (QED) is 0.395. The molecule has 0 bridgehead atoms. The molecule has 5 rings (SSSR count). The lowest BCUT2D eigenvalue weighted by molar-refractivity contribution is 0.0960. The third kappa shape index (κ3) is 4.26. The number of Topliss-reactive ketones (excluding diaryl/α,β-unsaturated/α-hetero) is 1. The van der Waals surface area contributed by atoms with Crippen molar-refractivity contribution in [2.75, 3.05) is 11.9 Å². The number of anilines is 1. The van der Waals surface area contributed by atoms with Crippen molar-refractivity contribution < 1.29 is 14.3 Å². The average molecular weight is 450 g/mol. The number of para-hydroxylation sites is 1. The van der Waals surface area contributed by atoms with Crippen LogP contribution in [-0.2, 0) is 6.61 Å². The number of carbonyl (C=O) groups excluding carboxylic acids is 2. The first-order valence-corrected chi connectivity index (χ1v) is 11.0. The van der Waals surface area contributed by atoms with E-state index in [0.717, 1.165) is 22.3 Å². The monoisotopic (exact) mass is 449 g/mol. The van der Waals surface area contributed by atoms with Crippen molar-refractivity contribution in [2.24, 2.45) is 5.73 Å². The van der Waals surface area contributed by atoms with Crippen molar-refractivity contribution in [3.05, 3.63) is 113 Å². The third-order valence-corrected chi connectivity index (χ3v) is 5.95. The summed E-state index contributed by atoms with van der Waals surface area (Å²) < 4.78 is 6.02. The van der Waals surface area contributed by atoms with E-state index in [-0.39, 0.29) is 5.78 Å². The minimum atomic E-state index is -0.488. The molecule has 3 N–H and O–H groups in total. The Labute approximate surface area is 197 Å². The second-order valence-corrected chi connectivity index (χ2v) is 8.18. The lowest BCUT2D eigenvalue weighted by Crippen LogP contribution is -2.16. The summed E-state index contributed by atoms with van der Waals surface area (Å²) in [5.41, 5.74) is 9.89. The third-order valence-electron chi connectivity index (χ3n) is 5.95. The molecule has 0 aliphatic carbocycles. The van der Waals surface area contributed by atoms with Crippen molar-refractivity contribution >= 4 is 17.5 Å². The summed E-state index contributed by atoms with van der Waals surface area (Å²) in [4.78, 5) is 29.7. The van der Waals surface area contributed by atoms with Crippen molar-refractivity contribution in [1.29, 1.82) is 0 Å². The van der Waals surface area contributed by atoms with Crippen molar-refractivity contribution in [1.82, 2.24) is 4.98 Å². The van der Waals surface area contributed by atoms with Crippen LogP contribution in [0.15, 0.2) is 91.1 Å². The molecule has 0 saturated carbocycles. The molecule has 168 valence electrons. The fraction of sp³-hybridized carbons (Fsp3) is 0.107. The van der Waals surface area contributed by atoms with E-state index in [2.05, 4.69) is 10.3 Å². The van der Waals surface area contributed by atoms with E-state index in [1.807, 2.05) is 60.7 Å². The molecule has 2 heterocycles. The van der Waals surface area contributed by atoms with Crippen LogP contribution in [0.5, 0.6) is 5.75 Å². The SMILES string of the molecule is NC(=O)c1cccc(-c2cnc3c(c2)C(C(=O)c2ccccc2OCc2ccccc2)CN3)c1. The standard InChI is InChI=1S/C28H23N3O3/c29-27(33)20-10-6-9-19(13-20)21-14-23-24(16-31-28(23)30-15-21)26(32)22-11-4-5-12-25(22)34-17-18-7-2-1-3-8-18/h1-15,24H,16-17H2,(H2,29,33)(H,30,31). The maximum absolute atomic E-state index is 13.6. The number of amides is 1. The Morgan fingerprint density at radius 2 is 1.74 bits per heavy atom. The lowest BCUT2D eigenvalue weighted by Gasteiger charge is -2.15. The Hall–Kier alpha value is -4.45. The Morgan fingerprint density at radius 3 is 2.56 bits per heavy atom. The van der Waals surface area contributed by atoms with E-state index in [4.69, 9.17) is 10.5 Å². The molecule has 1 amide bonds. The molecular weight excluding hydrogens is 426 g/mol. The molecule has 0 spiro atoms. The largest absolute Gasteiger partial charge is 0.488 e. The molecular formula is C28H23N3O3. The summed E-state index contributed by atoms with van der Waals surface area (Å²) in [6.07, 6.45) is 1.73. The van der Waals surface area contributed by atoms with Crippen LogP contribution in [0.2, 0.25) is 0 Å². The smallest absolute Gasteiger partial charge is 0.248 e. The molecule has 1 aliphatic heterocycles. The van der Waals surface area contributed by atoms with E-state index in [1.165, 1.54) is 0 Å². The van der Waals surface area contributed by atoms with Crippen LogP contribution in [0.1, 0.15) is 37.8 Å². The molecule has 1 atom stereocenters. The second-order valence-electron chi connectivity index (χ2n) is 8.18. The molecule has 1 unspecified atom stereocenters. The molecule has 4 aromatic rings. The fourth-order valence-corrected chi connectivity index (χ4v) is 4.17. The van der Waals surface area contributed by atoms with Crippen LogP contribution >= 0.6 is 0 Å². The molecule has 1 aromatic heterocycles. The number of rotatable bonds is 7. The predicted octanol–water partition coefficient (Wildman–Crippen LogP) is 4.82. The summed E-state index contributed by atoms with van der Waals surface area (Å²) in [5, 5.41) is 3.24. The maximum Gasteiger partial charge on any atom is 0.248 e. The number of aromatic nitrogens is 1. The summed E-state index contributed by atoms with van der Waals surface area (Å²) in [7, 11) is 0. The molecule has 0 radical (unpaired) electrons. The number of nitrogens with two attached hydrogens (primary N) is 1. The van der Waals surface area contributed by atoms with Gasteiger partial charge in [0, 0.05) is 29.4 Å². The van der Waals surface area contributed by atoms with Crippen molar-refractivity contribution in [3.8, 4) is 16.9 Å². The highest BCUT2D eigenvalue weighted by Gasteiger charge is 2.32. The number of pyridine rings is 1. The van der Waals surface area contributed by atoms with E-state index >= 15 is 0 Å². The van der Waals surface area contributed by atoms with Crippen LogP contribution < -0.4 is 15.8 Å². The Balaban J connectivity index is 1.43. The highest BCUT2D eigenvalue weighted by atomic mass is 16.5. The minimum absolute atomic E-state index is 0.0280. The summed E-state index contributed by atoms with van der Waals surface area (Å²) in [6, 6.07) is 26.2. The van der Waals surface area contributed by atoms with E-state index < -0.39 is 11.8 Å². The highest BCUT2D eigenvalue weighted by Crippen LogP contribution is 2.37. The topological polar surface area (TPSA) is 94.3 Å². The first-order valence-electron chi connectivity index (χ1n) is 11.0. The van der Waals surface area contributed by atoms with Gasteiger partial charge in [-0.15, -0.1) is 0 Å². The number of hydrogen-bond donors (Lipinski definition) is 2. The Kier molecular flexibility index (Phi) is 5.79. The zero-order valence-corrected chi connectivity index (χ0v) is 18.4. The van der Waals surface area contributed by atoms with Gasteiger partial charge in [-0.25, -0.2) is 4.98 Å². The molecule has 0 saturated heterocycles. The van der Waals surface area contributed by atoms with Crippen LogP contribution in [0, 0.1) is 0 Å². The molecule has 1 aliphatic rings. The molecule has 3 aromatic carbocycles. The summed E-state index contributed by atoms with van der Waals surface area (Å²) in [6.45, 7) is 0.839. The number of nitrogens with zero attached hydrogens (tertiary/aromatic N) is 1. The number of fused-ring (bicyclic) bond motifs is 1. The van der Waals surface area contributed by atoms with Gasteiger partial charge in [-0.05, 0) is 41.5 Å². The molecule has 6 nitrogen and oxygen atoms in total. The van der Waals surface area contributed by atoms with Gasteiger partial charge < -0.3 is 15.8 Å². The first-order chi connectivity index (χ1) is 16.6. The van der Waals surface area contributed by atoms with Gasteiger partial charge in [0.05, 0.1) is 11.5 Å². The van der Waals surface area contributed by atoms with Crippen molar-refractivity contribution in [2.45, 2.75) is 12.5 Å². The summed E-state index contributed by atoms with van der Waals surface area (Å²) >= 11 is 0. The van der Waals surface area contributed by atoms with Gasteiger partial charge in [0.1, 0.15) is 18.2 Å². The maximum atomic E-state index is 13.6. The van der Waals surface area contributed by atoms with Gasteiger partial charge in [0.2, 0.25) is 5.91 Å². The zero-order valence-electron chi connectivity index (χ0n) is 18.4. The van der Waals surface area contributed by atoms with Gasteiger partial charge in [-0.3, -0.25) is 9.59 Å². The number of ether oxygens (including phenoxy) is 1. The minimum Gasteiger partial charge on any atom is -0.488 e. The van der Waals surface area contributed by atoms with E-state index in [1.54, 1.807) is 30.5 Å². The first kappa shape index (κ1) is 21.4. The number of primary amides is 1. The number of hydrogen-bond acceptors (Lipinski definition) is 5. The van der Waals surface area contributed by atoms with Gasteiger partial charge in [-0.2, -0.15) is 0 Å². The fourth-order valence-electron chi connectivity index (χ4n) is 4.17. The zero-order chi connectivity index (χ0) is 23.5. The van der Waals surface area contributed by atoms with E-state index in [0.29, 0.717) is 35.8 Å². The van der Waals surface area contributed by atoms with Gasteiger partial charge in [0.25, 0.3) is 0 Å². The predicted molar refractivity (Wildman–Crippen MR) is 131 cm³/mol. The van der Waals surface area contributed by atoms with E-state index in [9.17, 15) is 9.59 Å². The number of carbonyl (C=O) groups is 2.